The minimum Gasteiger partial charge on any atom is -0.393 e. The van der Waals surface area contributed by atoms with Gasteiger partial charge >= 0.3 is 0 Å². The summed E-state index contributed by atoms with van der Waals surface area (Å²) in [6, 6.07) is 8.85. The Morgan fingerprint density at radius 3 is 2.71 bits per heavy atom. The number of aliphatic hydroxyl groups excluding tert-OH is 1. The molecule has 4 nitrogen and oxygen atoms in total. The molecule has 1 fully saturated rings. The number of methoxy groups -OCH3 is 1. The minimum atomic E-state index is -0.110. The Labute approximate surface area is 128 Å². The Bertz CT molecular complexity index is 417. The number of piperidine rings is 1. The van der Waals surface area contributed by atoms with Crippen LogP contribution in [0.3, 0.4) is 0 Å². The van der Waals surface area contributed by atoms with Crippen LogP contribution in [-0.4, -0.2) is 49.0 Å². The van der Waals surface area contributed by atoms with Gasteiger partial charge in [-0.15, -0.1) is 0 Å². The van der Waals surface area contributed by atoms with Crippen molar-refractivity contribution in [3.8, 4) is 0 Å². The molecule has 1 aromatic carbocycles. The maximum absolute atomic E-state index is 9.60. The summed E-state index contributed by atoms with van der Waals surface area (Å²) < 4.78 is 5.27. The predicted octanol–water partition coefficient (Wildman–Crippen LogP) is 2.48. The Balaban J connectivity index is 1.99. The molecular formula is C17H28N2O2. The smallest absolute Gasteiger partial charge is 0.0663 e. The maximum Gasteiger partial charge on any atom is 0.0663 e. The number of benzene rings is 1. The predicted molar refractivity (Wildman–Crippen MR) is 86.5 cm³/mol. The second kappa shape index (κ2) is 8.37. The lowest BCUT2D eigenvalue weighted by Crippen LogP contribution is -2.35. The van der Waals surface area contributed by atoms with Gasteiger partial charge in [-0.1, -0.05) is 25.1 Å². The van der Waals surface area contributed by atoms with Gasteiger partial charge in [0.05, 0.1) is 12.7 Å². The maximum atomic E-state index is 9.60. The van der Waals surface area contributed by atoms with Crippen LogP contribution in [0.5, 0.6) is 0 Å². The summed E-state index contributed by atoms with van der Waals surface area (Å²) in [4.78, 5) is 2.42. The molecular weight excluding hydrogens is 264 g/mol. The topological polar surface area (TPSA) is 44.7 Å². The number of rotatable bonds is 7. The van der Waals surface area contributed by atoms with Crippen molar-refractivity contribution >= 4 is 5.69 Å². The van der Waals surface area contributed by atoms with Crippen LogP contribution in [-0.2, 0) is 11.3 Å². The molecule has 1 unspecified atom stereocenters. The molecule has 1 saturated heterocycles. The Morgan fingerprint density at radius 2 is 2.05 bits per heavy atom. The van der Waals surface area contributed by atoms with Crippen molar-refractivity contribution in [1.29, 1.82) is 0 Å². The molecule has 4 heteroatoms. The van der Waals surface area contributed by atoms with Crippen LogP contribution in [0.4, 0.5) is 5.69 Å². The van der Waals surface area contributed by atoms with Crippen LogP contribution in [0, 0.1) is 0 Å². The SMILES string of the molecule is CCC(COC)Nc1ccccc1CN1CCC(O)CC1. The highest BCUT2D eigenvalue weighted by molar-refractivity contribution is 5.51. The van der Waals surface area contributed by atoms with E-state index in [-0.39, 0.29) is 6.10 Å². The van der Waals surface area contributed by atoms with Gasteiger partial charge in [0, 0.05) is 38.5 Å². The zero-order valence-electron chi connectivity index (χ0n) is 13.2. The molecule has 0 amide bonds. The van der Waals surface area contributed by atoms with Crippen LogP contribution >= 0.6 is 0 Å². The van der Waals surface area contributed by atoms with Crippen molar-refractivity contribution in [3.63, 3.8) is 0 Å². The Kier molecular flexibility index (Phi) is 6.49. The zero-order valence-corrected chi connectivity index (χ0v) is 13.2. The van der Waals surface area contributed by atoms with E-state index >= 15 is 0 Å². The molecule has 0 radical (unpaired) electrons. The first-order valence-corrected chi connectivity index (χ1v) is 7.96. The van der Waals surface area contributed by atoms with Gasteiger partial charge in [0.15, 0.2) is 0 Å². The molecule has 1 aliphatic heterocycles. The van der Waals surface area contributed by atoms with Crippen LogP contribution in [0.1, 0.15) is 31.7 Å². The number of hydrogen-bond acceptors (Lipinski definition) is 4. The normalized spacial score (nSPS) is 18.6. The van der Waals surface area contributed by atoms with Gasteiger partial charge in [0.25, 0.3) is 0 Å². The molecule has 1 heterocycles. The second-order valence-corrected chi connectivity index (χ2v) is 5.87. The highest BCUT2D eigenvalue weighted by Crippen LogP contribution is 2.21. The zero-order chi connectivity index (χ0) is 15.1. The van der Waals surface area contributed by atoms with Crippen LogP contribution in [0.25, 0.3) is 0 Å². The fraction of sp³-hybridized carbons (Fsp3) is 0.647. The number of nitrogens with zero attached hydrogens (tertiary/aromatic N) is 1. The lowest BCUT2D eigenvalue weighted by atomic mass is 10.1. The van der Waals surface area contributed by atoms with Gasteiger partial charge < -0.3 is 15.2 Å². The van der Waals surface area contributed by atoms with Gasteiger partial charge in [-0.2, -0.15) is 0 Å². The fourth-order valence-corrected chi connectivity index (χ4v) is 2.80. The van der Waals surface area contributed by atoms with Gasteiger partial charge in [-0.05, 0) is 30.9 Å². The molecule has 118 valence electrons. The number of para-hydroxylation sites is 1. The molecule has 2 rings (SSSR count). The lowest BCUT2D eigenvalue weighted by molar-refractivity contribution is 0.0793. The summed E-state index contributed by atoms with van der Waals surface area (Å²) in [5.41, 5.74) is 2.52. The molecule has 0 aliphatic carbocycles. The van der Waals surface area contributed by atoms with Gasteiger partial charge in [-0.25, -0.2) is 0 Å². The Morgan fingerprint density at radius 1 is 1.33 bits per heavy atom. The van der Waals surface area contributed by atoms with E-state index in [9.17, 15) is 5.11 Å². The summed E-state index contributed by atoms with van der Waals surface area (Å²) >= 11 is 0. The lowest BCUT2D eigenvalue weighted by Gasteiger charge is -2.30. The summed E-state index contributed by atoms with van der Waals surface area (Å²) in [7, 11) is 1.75. The van der Waals surface area contributed by atoms with Crippen molar-refractivity contribution in [2.75, 3.05) is 32.1 Å². The quantitative estimate of drug-likeness (QED) is 0.810. The second-order valence-electron chi connectivity index (χ2n) is 5.87. The highest BCUT2D eigenvalue weighted by Gasteiger charge is 2.18. The van der Waals surface area contributed by atoms with Gasteiger partial charge in [-0.3, -0.25) is 4.90 Å². The first-order valence-electron chi connectivity index (χ1n) is 7.96. The molecule has 0 saturated carbocycles. The standard InChI is InChI=1S/C17H28N2O2/c1-3-15(13-21-2)18-17-7-5-4-6-14(17)12-19-10-8-16(20)9-11-19/h4-7,15-16,18,20H,3,8-13H2,1-2H3. The van der Waals surface area contributed by atoms with Crippen LogP contribution in [0.2, 0.25) is 0 Å². The minimum absolute atomic E-state index is 0.110. The van der Waals surface area contributed by atoms with E-state index < -0.39 is 0 Å². The molecule has 21 heavy (non-hydrogen) atoms. The number of likely N-dealkylation sites (tertiary alicyclic amines) is 1. The van der Waals surface area contributed by atoms with E-state index in [1.807, 2.05) is 0 Å². The van der Waals surface area contributed by atoms with E-state index in [1.165, 1.54) is 11.3 Å². The number of anilines is 1. The summed E-state index contributed by atoms with van der Waals surface area (Å²) in [5.74, 6) is 0. The third-order valence-corrected chi connectivity index (χ3v) is 4.19. The Hall–Kier alpha value is -1.10. The van der Waals surface area contributed by atoms with Crippen molar-refractivity contribution in [2.45, 2.75) is 44.9 Å². The molecule has 0 aromatic heterocycles. The van der Waals surface area contributed by atoms with Crippen molar-refractivity contribution in [1.82, 2.24) is 4.90 Å². The third kappa shape index (κ3) is 4.99. The number of hydrogen-bond donors (Lipinski definition) is 2. The molecule has 1 aromatic rings. The molecule has 0 bridgehead atoms. The molecule has 0 spiro atoms. The van der Waals surface area contributed by atoms with Crippen molar-refractivity contribution < 1.29 is 9.84 Å². The van der Waals surface area contributed by atoms with Crippen LogP contribution < -0.4 is 5.32 Å². The molecule has 1 atom stereocenters. The fourth-order valence-electron chi connectivity index (χ4n) is 2.80. The van der Waals surface area contributed by atoms with E-state index in [4.69, 9.17) is 4.74 Å². The third-order valence-electron chi connectivity index (χ3n) is 4.19. The average molecular weight is 292 g/mol. The first-order chi connectivity index (χ1) is 10.2. The monoisotopic (exact) mass is 292 g/mol. The largest absolute Gasteiger partial charge is 0.393 e. The van der Waals surface area contributed by atoms with Crippen molar-refractivity contribution in [3.05, 3.63) is 29.8 Å². The molecule has 1 aliphatic rings. The number of ether oxygens (including phenoxy) is 1. The number of nitrogens with one attached hydrogen (secondary N) is 1. The van der Waals surface area contributed by atoms with E-state index in [0.717, 1.165) is 45.5 Å². The summed E-state index contributed by atoms with van der Waals surface area (Å²) in [6.07, 6.45) is 2.70. The van der Waals surface area contributed by atoms with Gasteiger partial charge in [0.2, 0.25) is 0 Å². The average Bonchev–Trinajstić information content (AvgIpc) is 2.51. The summed E-state index contributed by atoms with van der Waals surface area (Å²) in [6.45, 7) is 5.79. The summed E-state index contributed by atoms with van der Waals surface area (Å²) in [5, 5.41) is 13.2. The van der Waals surface area contributed by atoms with Crippen LogP contribution in [0.15, 0.2) is 24.3 Å². The number of aliphatic hydroxyl groups is 1. The van der Waals surface area contributed by atoms with Gasteiger partial charge in [0.1, 0.15) is 0 Å². The first kappa shape index (κ1) is 16.3. The molecule has 2 N–H and O–H groups in total. The van der Waals surface area contributed by atoms with E-state index in [2.05, 4.69) is 41.4 Å². The highest BCUT2D eigenvalue weighted by atomic mass is 16.5. The van der Waals surface area contributed by atoms with Crippen molar-refractivity contribution in [2.24, 2.45) is 0 Å². The van der Waals surface area contributed by atoms with E-state index in [1.54, 1.807) is 7.11 Å². The van der Waals surface area contributed by atoms with E-state index in [0.29, 0.717) is 6.04 Å².